The molecular weight excluding hydrogens is 198 g/mol. The van der Waals surface area contributed by atoms with E-state index in [1.807, 2.05) is 6.07 Å². The largest absolute Gasteiger partial charge is 0.384 e. The lowest BCUT2D eigenvalue weighted by Gasteiger charge is -2.32. The zero-order chi connectivity index (χ0) is 11.0. The topological polar surface area (TPSA) is 32.3 Å². The summed E-state index contributed by atoms with van der Waals surface area (Å²) in [7, 11) is 0. The lowest BCUT2D eigenvalue weighted by atomic mass is 9.75. The molecule has 16 heavy (non-hydrogen) atoms. The van der Waals surface area contributed by atoms with Gasteiger partial charge in [-0.2, -0.15) is 0 Å². The van der Waals surface area contributed by atoms with Crippen LogP contribution in [0.25, 0.3) is 0 Å². The summed E-state index contributed by atoms with van der Waals surface area (Å²) in [4.78, 5) is 0. The first-order valence-electron chi connectivity index (χ1n) is 6.32. The van der Waals surface area contributed by atoms with Crippen molar-refractivity contribution in [1.82, 2.24) is 5.32 Å². The monoisotopic (exact) mass is 217 g/mol. The molecule has 1 aliphatic carbocycles. The van der Waals surface area contributed by atoms with Crippen molar-refractivity contribution in [3.63, 3.8) is 0 Å². The Morgan fingerprint density at radius 1 is 1.25 bits per heavy atom. The second-order valence-corrected chi connectivity index (χ2v) is 5.17. The predicted octanol–water partition coefficient (Wildman–Crippen LogP) is 2.13. The molecule has 2 heteroatoms. The normalized spacial score (nSPS) is 30.3. The van der Waals surface area contributed by atoms with E-state index in [-0.39, 0.29) is 0 Å². The van der Waals surface area contributed by atoms with Crippen LogP contribution in [-0.2, 0) is 5.60 Å². The third kappa shape index (κ3) is 1.57. The summed E-state index contributed by atoms with van der Waals surface area (Å²) in [6.07, 6.45) is 4.77. The van der Waals surface area contributed by atoms with Crippen LogP contribution in [0.1, 0.15) is 42.7 Å². The molecule has 1 aromatic carbocycles. The number of rotatable bonds is 2. The highest BCUT2D eigenvalue weighted by molar-refractivity contribution is 5.37. The van der Waals surface area contributed by atoms with Crippen LogP contribution in [0.3, 0.4) is 0 Å². The van der Waals surface area contributed by atoms with Crippen LogP contribution in [0.5, 0.6) is 0 Å². The molecule has 1 aromatic rings. The van der Waals surface area contributed by atoms with Gasteiger partial charge in [0.15, 0.2) is 0 Å². The molecule has 1 unspecified atom stereocenters. The van der Waals surface area contributed by atoms with Crippen LogP contribution in [0.4, 0.5) is 0 Å². The van der Waals surface area contributed by atoms with Gasteiger partial charge < -0.3 is 10.4 Å². The molecule has 2 nitrogen and oxygen atoms in total. The highest BCUT2D eigenvalue weighted by atomic mass is 16.3. The van der Waals surface area contributed by atoms with Crippen LogP contribution in [0.15, 0.2) is 24.3 Å². The lowest BCUT2D eigenvalue weighted by Crippen LogP contribution is -2.30. The number of β-amino-alcohol motifs (C(OH)–C–C–N with tert-alkyl or cyclic N) is 1. The third-order valence-electron chi connectivity index (χ3n) is 4.14. The van der Waals surface area contributed by atoms with Gasteiger partial charge in [0, 0.05) is 6.54 Å². The van der Waals surface area contributed by atoms with E-state index in [9.17, 15) is 5.11 Å². The van der Waals surface area contributed by atoms with Gasteiger partial charge in [-0.3, -0.25) is 0 Å². The summed E-state index contributed by atoms with van der Waals surface area (Å²) in [5.41, 5.74) is 1.94. The summed E-state index contributed by atoms with van der Waals surface area (Å²) in [5.74, 6) is 0.695. The van der Waals surface area contributed by atoms with Crippen LogP contribution in [0.2, 0.25) is 0 Å². The first-order valence-corrected chi connectivity index (χ1v) is 6.32. The predicted molar refractivity (Wildman–Crippen MR) is 64.4 cm³/mol. The molecule has 1 atom stereocenters. The van der Waals surface area contributed by atoms with Gasteiger partial charge in [-0.05, 0) is 42.9 Å². The van der Waals surface area contributed by atoms with Crippen molar-refractivity contribution in [2.45, 2.75) is 37.2 Å². The van der Waals surface area contributed by atoms with Gasteiger partial charge in [0.05, 0.1) is 0 Å². The highest BCUT2D eigenvalue weighted by Gasteiger charge is 2.36. The minimum atomic E-state index is -0.619. The number of aliphatic hydroxyl groups is 1. The SMILES string of the molecule is OC1(c2ccccc2C2CCC2)CCNC1. The van der Waals surface area contributed by atoms with Gasteiger partial charge in [0.2, 0.25) is 0 Å². The second-order valence-electron chi connectivity index (χ2n) is 5.17. The van der Waals surface area contributed by atoms with Gasteiger partial charge >= 0.3 is 0 Å². The second kappa shape index (κ2) is 3.86. The van der Waals surface area contributed by atoms with E-state index >= 15 is 0 Å². The van der Waals surface area contributed by atoms with Crippen molar-refractivity contribution in [3.05, 3.63) is 35.4 Å². The standard InChI is InChI=1S/C14H19NO/c16-14(8-9-15-10-14)13-7-2-1-6-12(13)11-4-3-5-11/h1-2,6-7,11,15-16H,3-5,8-10H2. The highest BCUT2D eigenvalue weighted by Crippen LogP contribution is 2.41. The van der Waals surface area contributed by atoms with Crippen LogP contribution < -0.4 is 5.32 Å². The maximum absolute atomic E-state index is 10.6. The van der Waals surface area contributed by atoms with E-state index in [1.54, 1.807) is 0 Å². The fraction of sp³-hybridized carbons (Fsp3) is 0.571. The maximum Gasteiger partial charge on any atom is 0.103 e. The first kappa shape index (κ1) is 10.3. The molecule has 1 heterocycles. The number of hydrogen-bond donors (Lipinski definition) is 2. The summed E-state index contributed by atoms with van der Waals surface area (Å²) < 4.78 is 0. The van der Waals surface area contributed by atoms with Gasteiger partial charge in [0.25, 0.3) is 0 Å². The molecule has 2 aliphatic rings. The van der Waals surface area contributed by atoms with E-state index in [4.69, 9.17) is 0 Å². The summed E-state index contributed by atoms with van der Waals surface area (Å²) >= 11 is 0. The Hall–Kier alpha value is -0.860. The van der Waals surface area contributed by atoms with E-state index < -0.39 is 5.60 Å². The molecule has 0 amide bonds. The molecule has 0 bridgehead atoms. The smallest absolute Gasteiger partial charge is 0.103 e. The minimum absolute atomic E-state index is 0.619. The van der Waals surface area contributed by atoms with Crippen LogP contribution in [-0.4, -0.2) is 18.2 Å². The molecular formula is C14H19NO. The first-order chi connectivity index (χ1) is 7.80. The molecule has 0 radical (unpaired) electrons. The Morgan fingerprint density at radius 3 is 2.69 bits per heavy atom. The van der Waals surface area contributed by atoms with Crippen molar-refractivity contribution in [3.8, 4) is 0 Å². The molecule has 2 fully saturated rings. The van der Waals surface area contributed by atoms with E-state index in [0.717, 1.165) is 13.0 Å². The molecule has 3 rings (SSSR count). The molecule has 0 aromatic heterocycles. The minimum Gasteiger partial charge on any atom is -0.384 e. The summed E-state index contributed by atoms with van der Waals surface area (Å²) in [6.45, 7) is 1.63. The molecule has 1 saturated carbocycles. The number of nitrogens with one attached hydrogen (secondary N) is 1. The number of benzene rings is 1. The van der Waals surface area contributed by atoms with Gasteiger partial charge in [-0.1, -0.05) is 30.7 Å². The van der Waals surface area contributed by atoms with Crippen molar-refractivity contribution in [2.24, 2.45) is 0 Å². The Labute approximate surface area is 96.7 Å². The zero-order valence-corrected chi connectivity index (χ0v) is 9.58. The quantitative estimate of drug-likeness (QED) is 0.795. The van der Waals surface area contributed by atoms with Crippen LogP contribution >= 0.6 is 0 Å². The van der Waals surface area contributed by atoms with E-state index in [1.165, 1.54) is 30.4 Å². The molecule has 1 saturated heterocycles. The molecule has 0 spiro atoms. The zero-order valence-electron chi connectivity index (χ0n) is 9.58. The van der Waals surface area contributed by atoms with E-state index in [0.29, 0.717) is 12.5 Å². The molecule has 2 N–H and O–H groups in total. The molecule has 1 aliphatic heterocycles. The van der Waals surface area contributed by atoms with Gasteiger partial charge in [0.1, 0.15) is 5.60 Å². The fourth-order valence-electron chi connectivity index (χ4n) is 2.90. The Morgan fingerprint density at radius 2 is 2.06 bits per heavy atom. The van der Waals surface area contributed by atoms with Gasteiger partial charge in [-0.25, -0.2) is 0 Å². The summed E-state index contributed by atoms with van der Waals surface area (Å²) in [6, 6.07) is 8.47. The summed E-state index contributed by atoms with van der Waals surface area (Å²) in [5, 5.41) is 13.9. The average Bonchev–Trinajstić information content (AvgIpc) is 2.65. The van der Waals surface area contributed by atoms with Crippen molar-refractivity contribution in [1.29, 1.82) is 0 Å². The third-order valence-corrected chi connectivity index (χ3v) is 4.14. The number of hydrogen-bond acceptors (Lipinski definition) is 2. The fourth-order valence-corrected chi connectivity index (χ4v) is 2.90. The Bertz CT molecular complexity index is 378. The lowest BCUT2D eigenvalue weighted by molar-refractivity contribution is 0.0569. The Kier molecular flexibility index (Phi) is 2.49. The molecule has 86 valence electrons. The average molecular weight is 217 g/mol. The van der Waals surface area contributed by atoms with Crippen molar-refractivity contribution < 1.29 is 5.11 Å². The van der Waals surface area contributed by atoms with E-state index in [2.05, 4.69) is 23.5 Å². The Balaban J connectivity index is 1.98. The van der Waals surface area contributed by atoms with Crippen LogP contribution in [0, 0.1) is 0 Å². The van der Waals surface area contributed by atoms with Crippen molar-refractivity contribution >= 4 is 0 Å². The maximum atomic E-state index is 10.6. The van der Waals surface area contributed by atoms with Crippen molar-refractivity contribution in [2.75, 3.05) is 13.1 Å². The van der Waals surface area contributed by atoms with Gasteiger partial charge in [-0.15, -0.1) is 0 Å².